The summed E-state index contributed by atoms with van der Waals surface area (Å²) in [6, 6.07) is 0. The summed E-state index contributed by atoms with van der Waals surface area (Å²) >= 11 is 5.74. The van der Waals surface area contributed by atoms with E-state index in [0.29, 0.717) is 39.3 Å². The molecule has 2 amide bonds. The fourth-order valence-corrected chi connectivity index (χ4v) is 2.32. The van der Waals surface area contributed by atoms with Crippen LogP contribution in [-0.4, -0.2) is 70.9 Å². The number of likely N-dealkylation sites (N-methyl/N-ethyl adjacent to an activating group) is 1. The van der Waals surface area contributed by atoms with Gasteiger partial charge in [0, 0.05) is 32.7 Å². The molecule has 0 spiro atoms. The molecule has 8 heteroatoms. The van der Waals surface area contributed by atoms with Gasteiger partial charge in [-0.05, 0) is 6.92 Å². The van der Waals surface area contributed by atoms with Gasteiger partial charge in [0.1, 0.15) is 10.8 Å². The number of carbonyl (C=O) groups excluding carboxylic acids is 2. The normalized spacial score (nSPS) is 15.8. The van der Waals surface area contributed by atoms with Crippen LogP contribution in [0.3, 0.4) is 0 Å². The van der Waals surface area contributed by atoms with Crippen LogP contribution in [0.5, 0.6) is 0 Å². The van der Waals surface area contributed by atoms with Crippen molar-refractivity contribution in [1.29, 1.82) is 0 Å². The number of hydrogen-bond donors (Lipinski definition) is 1. The van der Waals surface area contributed by atoms with E-state index in [4.69, 9.17) is 11.6 Å². The van der Waals surface area contributed by atoms with Crippen LogP contribution < -0.4 is 5.32 Å². The van der Waals surface area contributed by atoms with Gasteiger partial charge in [-0.2, -0.15) is 0 Å². The monoisotopic (exact) mass is 311 g/mol. The maximum Gasteiger partial charge on any atom is 0.274 e. The fraction of sp³-hybridized carbons (Fsp3) is 0.538. The summed E-state index contributed by atoms with van der Waals surface area (Å²) in [4.78, 5) is 35.3. The Labute approximate surface area is 128 Å². The molecule has 1 aromatic heterocycles. The van der Waals surface area contributed by atoms with Gasteiger partial charge < -0.3 is 10.2 Å². The van der Waals surface area contributed by atoms with Crippen molar-refractivity contribution in [3.05, 3.63) is 23.2 Å². The third kappa shape index (κ3) is 4.37. The molecule has 1 N–H and O–H groups in total. The molecule has 0 aliphatic carbocycles. The Kier molecular flexibility index (Phi) is 5.46. The molecule has 0 radical (unpaired) electrons. The van der Waals surface area contributed by atoms with Crippen LogP contribution in [0, 0.1) is 0 Å². The molecule has 2 heterocycles. The highest BCUT2D eigenvalue weighted by atomic mass is 35.5. The molecule has 7 nitrogen and oxygen atoms in total. The number of amides is 2. The van der Waals surface area contributed by atoms with E-state index in [0.717, 1.165) is 0 Å². The van der Waals surface area contributed by atoms with Crippen LogP contribution in [0.1, 0.15) is 17.4 Å². The minimum Gasteiger partial charge on any atom is -0.355 e. The molecule has 0 saturated carbocycles. The predicted octanol–water partition coefficient (Wildman–Crippen LogP) is 0.0239. The Bertz CT molecular complexity index is 517. The van der Waals surface area contributed by atoms with Gasteiger partial charge in [0.25, 0.3) is 5.91 Å². The van der Waals surface area contributed by atoms with Gasteiger partial charge >= 0.3 is 0 Å². The van der Waals surface area contributed by atoms with Crippen molar-refractivity contribution in [3.63, 3.8) is 0 Å². The number of piperazine rings is 1. The maximum absolute atomic E-state index is 12.3. The first-order valence-electron chi connectivity index (χ1n) is 6.86. The number of nitrogens with one attached hydrogen (secondary N) is 1. The largest absolute Gasteiger partial charge is 0.355 e. The lowest BCUT2D eigenvalue weighted by molar-refractivity contribution is -0.122. The Morgan fingerprint density at radius 1 is 1.29 bits per heavy atom. The van der Waals surface area contributed by atoms with Crippen LogP contribution in [0.4, 0.5) is 0 Å². The number of halogens is 1. The highest BCUT2D eigenvalue weighted by Gasteiger charge is 2.24. The van der Waals surface area contributed by atoms with E-state index >= 15 is 0 Å². The average molecular weight is 312 g/mol. The van der Waals surface area contributed by atoms with Gasteiger partial charge in [0.15, 0.2) is 0 Å². The number of rotatable bonds is 4. The molecule has 0 aromatic carbocycles. The highest BCUT2D eigenvalue weighted by Crippen LogP contribution is 2.08. The van der Waals surface area contributed by atoms with Gasteiger partial charge in [-0.15, -0.1) is 0 Å². The molecule has 1 fully saturated rings. The van der Waals surface area contributed by atoms with Crippen molar-refractivity contribution in [1.82, 2.24) is 25.1 Å². The van der Waals surface area contributed by atoms with Crippen LogP contribution in [0.25, 0.3) is 0 Å². The molecule has 2 rings (SSSR count). The van der Waals surface area contributed by atoms with Gasteiger partial charge in [-0.25, -0.2) is 4.98 Å². The zero-order valence-corrected chi connectivity index (χ0v) is 12.6. The molecular formula is C13H18ClN5O2. The molecule has 0 unspecified atom stereocenters. The Morgan fingerprint density at radius 3 is 2.62 bits per heavy atom. The lowest BCUT2D eigenvalue weighted by Gasteiger charge is -2.34. The second-order valence-electron chi connectivity index (χ2n) is 4.75. The van der Waals surface area contributed by atoms with Gasteiger partial charge in [-0.3, -0.25) is 19.5 Å². The van der Waals surface area contributed by atoms with Crippen LogP contribution in [0.15, 0.2) is 12.4 Å². The predicted molar refractivity (Wildman–Crippen MR) is 78.1 cm³/mol. The van der Waals surface area contributed by atoms with Crippen LogP contribution >= 0.6 is 11.6 Å². The van der Waals surface area contributed by atoms with Gasteiger partial charge in [0.2, 0.25) is 5.91 Å². The van der Waals surface area contributed by atoms with E-state index in [9.17, 15) is 9.59 Å². The Morgan fingerprint density at radius 2 is 2.00 bits per heavy atom. The zero-order chi connectivity index (χ0) is 15.2. The van der Waals surface area contributed by atoms with E-state index in [-0.39, 0.29) is 22.7 Å². The first-order valence-corrected chi connectivity index (χ1v) is 7.24. The van der Waals surface area contributed by atoms with Gasteiger partial charge in [-0.1, -0.05) is 11.6 Å². The van der Waals surface area contributed by atoms with Crippen molar-refractivity contribution in [3.8, 4) is 0 Å². The second kappa shape index (κ2) is 7.33. The molecule has 1 aromatic rings. The van der Waals surface area contributed by atoms with Crippen molar-refractivity contribution < 1.29 is 9.59 Å². The maximum atomic E-state index is 12.3. The van der Waals surface area contributed by atoms with Crippen molar-refractivity contribution in [2.75, 3.05) is 39.3 Å². The quantitative estimate of drug-likeness (QED) is 0.848. The third-order valence-corrected chi connectivity index (χ3v) is 3.41. The third-order valence-electron chi connectivity index (χ3n) is 3.22. The first kappa shape index (κ1) is 15.7. The number of carbonyl (C=O) groups is 2. The fourth-order valence-electron chi connectivity index (χ4n) is 2.17. The molecule has 21 heavy (non-hydrogen) atoms. The van der Waals surface area contributed by atoms with E-state index in [1.165, 1.54) is 12.4 Å². The summed E-state index contributed by atoms with van der Waals surface area (Å²) in [6.45, 7) is 5.34. The molecule has 1 aliphatic heterocycles. The van der Waals surface area contributed by atoms with Crippen molar-refractivity contribution in [2.45, 2.75) is 6.92 Å². The van der Waals surface area contributed by atoms with Crippen molar-refractivity contribution in [2.24, 2.45) is 0 Å². The smallest absolute Gasteiger partial charge is 0.274 e. The summed E-state index contributed by atoms with van der Waals surface area (Å²) in [5, 5.41) is 2.97. The second-order valence-corrected chi connectivity index (χ2v) is 5.14. The molecule has 114 valence electrons. The van der Waals surface area contributed by atoms with E-state index in [2.05, 4.69) is 15.3 Å². The van der Waals surface area contributed by atoms with E-state index < -0.39 is 0 Å². The summed E-state index contributed by atoms with van der Waals surface area (Å²) in [6.07, 6.45) is 2.80. The number of hydrogen-bond acceptors (Lipinski definition) is 5. The highest BCUT2D eigenvalue weighted by molar-refractivity contribution is 6.29. The summed E-state index contributed by atoms with van der Waals surface area (Å²) < 4.78 is 0. The first-order chi connectivity index (χ1) is 10.1. The van der Waals surface area contributed by atoms with E-state index in [1.807, 2.05) is 11.8 Å². The Balaban J connectivity index is 1.86. The van der Waals surface area contributed by atoms with Crippen molar-refractivity contribution >= 4 is 23.4 Å². The summed E-state index contributed by atoms with van der Waals surface area (Å²) in [5.74, 6) is -0.166. The minimum absolute atomic E-state index is 0.0120. The van der Waals surface area contributed by atoms with E-state index in [1.54, 1.807) is 4.90 Å². The molecular weight excluding hydrogens is 294 g/mol. The molecule has 0 bridgehead atoms. The number of aromatic nitrogens is 2. The minimum atomic E-state index is -0.178. The lowest BCUT2D eigenvalue weighted by Crippen LogP contribution is -2.51. The SMILES string of the molecule is CCNC(=O)CN1CCN(C(=O)c2cncc(Cl)n2)CC1. The Hall–Kier alpha value is -1.73. The van der Waals surface area contributed by atoms with Crippen LogP contribution in [0.2, 0.25) is 5.15 Å². The topological polar surface area (TPSA) is 78.4 Å². The standard InChI is InChI=1S/C13H18ClN5O2/c1-2-16-12(20)9-18-3-5-19(6-4-18)13(21)10-7-15-8-11(14)17-10/h7-8H,2-6,9H2,1H3,(H,16,20). The summed E-state index contributed by atoms with van der Waals surface area (Å²) in [7, 11) is 0. The zero-order valence-electron chi connectivity index (χ0n) is 11.9. The van der Waals surface area contributed by atoms with Crippen LogP contribution in [-0.2, 0) is 4.79 Å². The molecule has 1 aliphatic rings. The number of nitrogens with zero attached hydrogens (tertiary/aromatic N) is 4. The lowest BCUT2D eigenvalue weighted by atomic mass is 10.2. The van der Waals surface area contributed by atoms with Gasteiger partial charge in [0.05, 0.1) is 18.9 Å². The molecule has 0 atom stereocenters. The summed E-state index contributed by atoms with van der Waals surface area (Å²) in [5.41, 5.74) is 0.250. The molecule has 1 saturated heterocycles. The average Bonchev–Trinajstić information content (AvgIpc) is 2.47.